The van der Waals surface area contributed by atoms with Crippen molar-refractivity contribution in [3.05, 3.63) is 52.5 Å². The molecule has 0 aromatic heterocycles. The molecule has 0 radical (unpaired) electrons. The zero-order chi connectivity index (χ0) is 21.0. The summed E-state index contributed by atoms with van der Waals surface area (Å²) in [6.45, 7) is 1.91. The second kappa shape index (κ2) is 9.15. The molecule has 154 valence electrons. The lowest BCUT2D eigenvalue weighted by Crippen LogP contribution is -2.32. The van der Waals surface area contributed by atoms with Gasteiger partial charge >= 0.3 is 5.97 Å². The third-order valence-corrected chi connectivity index (χ3v) is 4.86. The normalized spacial score (nSPS) is 18.3. The van der Waals surface area contributed by atoms with Gasteiger partial charge in [0.15, 0.2) is 11.5 Å². The fourth-order valence-electron chi connectivity index (χ4n) is 3.27. The number of carbonyl (C=O) groups excluding carboxylic acids is 2. The molecule has 0 bridgehead atoms. The highest BCUT2D eigenvalue weighted by Gasteiger charge is 2.36. The van der Waals surface area contributed by atoms with Crippen molar-refractivity contribution in [3.63, 3.8) is 0 Å². The van der Waals surface area contributed by atoms with Gasteiger partial charge in [-0.3, -0.25) is 9.59 Å². The van der Waals surface area contributed by atoms with E-state index in [0.717, 1.165) is 0 Å². The van der Waals surface area contributed by atoms with Crippen molar-refractivity contribution in [3.8, 4) is 11.5 Å². The van der Waals surface area contributed by atoms with E-state index in [1.807, 2.05) is 6.07 Å². The van der Waals surface area contributed by atoms with Crippen molar-refractivity contribution in [2.45, 2.75) is 25.6 Å². The molecule has 0 aliphatic carbocycles. The van der Waals surface area contributed by atoms with Crippen LogP contribution >= 0.6 is 11.6 Å². The van der Waals surface area contributed by atoms with Gasteiger partial charge in [-0.25, -0.2) is 0 Å². The molecule has 29 heavy (non-hydrogen) atoms. The van der Waals surface area contributed by atoms with Crippen LogP contribution in [-0.4, -0.2) is 38.8 Å². The van der Waals surface area contributed by atoms with Gasteiger partial charge in [-0.05, 0) is 19.1 Å². The lowest BCUT2D eigenvalue weighted by atomic mass is 9.98. The molecule has 0 unspecified atom stereocenters. The third-order valence-electron chi connectivity index (χ3n) is 4.54. The molecular formula is C21H22ClNO6. The summed E-state index contributed by atoms with van der Waals surface area (Å²) in [6.07, 6.45) is -2.03. The Morgan fingerprint density at radius 1 is 1.14 bits per heavy atom. The Hall–Kier alpha value is -2.77. The van der Waals surface area contributed by atoms with Gasteiger partial charge in [-0.2, -0.15) is 0 Å². The predicted molar refractivity (Wildman–Crippen MR) is 108 cm³/mol. The van der Waals surface area contributed by atoms with E-state index in [9.17, 15) is 9.59 Å². The minimum Gasteiger partial charge on any atom is -0.493 e. The molecule has 0 saturated carbocycles. The van der Waals surface area contributed by atoms with E-state index in [-0.39, 0.29) is 13.0 Å². The molecular weight excluding hydrogens is 398 g/mol. The molecule has 2 atom stereocenters. The first-order valence-electron chi connectivity index (χ1n) is 9.11. The van der Waals surface area contributed by atoms with Gasteiger partial charge in [0.1, 0.15) is 12.2 Å². The number of esters is 1. The quantitative estimate of drug-likeness (QED) is 0.718. The van der Waals surface area contributed by atoms with Crippen LogP contribution in [0.3, 0.4) is 0 Å². The van der Waals surface area contributed by atoms with Crippen LogP contribution in [0.5, 0.6) is 11.5 Å². The molecule has 1 aliphatic rings. The summed E-state index contributed by atoms with van der Waals surface area (Å²) in [5, 5.41) is 3.14. The van der Waals surface area contributed by atoms with Crippen molar-refractivity contribution in [2.24, 2.45) is 0 Å². The molecule has 8 heteroatoms. The average Bonchev–Trinajstić information content (AvgIpc) is 2.85. The predicted octanol–water partition coefficient (Wildman–Crippen LogP) is 3.74. The van der Waals surface area contributed by atoms with Crippen LogP contribution in [0.4, 0.5) is 5.69 Å². The third kappa shape index (κ3) is 4.31. The maximum absolute atomic E-state index is 12.8. The lowest BCUT2D eigenvalue weighted by Gasteiger charge is -2.24. The Bertz CT molecular complexity index is 916. The Morgan fingerprint density at radius 3 is 2.55 bits per heavy atom. The van der Waals surface area contributed by atoms with Crippen LogP contribution in [0.1, 0.15) is 30.6 Å². The fraction of sp³-hybridized carbons (Fsp3) is 0.333. The summed E-state index contributed by atoms with van der Waals surface area (Å²) in [4.78, 5) is 24.8. The highest BCUT2D eigenvalue weighted by atomic mass is 35.5. The number of para-hydroxylation sites is 2. The second-order valence-corrected chi connectivity index (χ2v) is 6.70. The number of halogens is 1. The summed E-state index contributed by atoms with van der Waals surface area (Å²) < 4.78 is 22.1. The fourth-order valence-corrected chi connectivity index (χ4v) is 3.49. The second-order valence-electron chi connectivity index (χ2n) is 6.29. The molecule has 0 saturated heterocycles. The number of rotatable bonds is 6. The number of methoxy groups -OCH3 is 2. The molecule has 0 fully saturated rings. The Balaban J connectivity index is 2.11. The number of carbonyl (C=O) groups is 2. The van der Waals surface area contributed by atoms with Gasteiger partial charge < -0.3 is 24.3 Å². The Labute approximate surface area is 173 Å². The number of ether oxygens (including phenoxy) is 4. The van der Waals surface area contributed by atoms with E-state index in [1.54, 1.807) is 37.3 Å². The summed E-state index contributed by atoms with van der Waals surface area (Å²) in [5.41, 5.74) is 1.71. The number of hydrogen-bond donors (Lipinski definition) is 1. The lowest BCUT2D eigenvalue weighted by molar-refractivity contribution is -0.150. The van der Waals surface area contributed by atoms with E-state index >= 15 is 0 Å². The number of benzene rings is 2. The van der Waals surface area contributed by atoms with Crippen LogP contribution in [0.15, 0.2) is 36.4 Å². The maximum Gasteiger partial charge on any atom is 0.308 e. The van der Waals surface area contributed by atoms with E-state index in [0.29, 0.717) is 33.3 Å². The van der Waals surface area contributed by atoms with E-state index in [4.69, 9.17) is 30.5 Å². The summed E-state index contributed by atoms with van der Waals surface area (Å²) >= 11 is 6.35. The largest absolute Gasteiger partial charge is 0.493 e. The van der Waals surface area contributed by atoms with Crippen molar-refractivity contribution in [1.82, 2.24) is 0 Å². The van der Waals surface area contributed by atoms with Crippen LogP contribution in [0.25, 0.3) is 0 Å². The van der Waals surface area contributed by atoms with Gasteiger partial charge in [-0.1, -0.05) is 35.9 Å². The smallest absolute Gasteiger partial charge is 0.308 e. The minimum absolute atomic E-state index is 0.215. The summed E-state index contributed by atoms with van der Waals surface area (Å²) in [5.74, 6) is -0.0179. The Morgan fingerprint density at radius 2 is 1.86 bits per heavy atom. The first kappa shape index (κ1) is 21.0. The van der Waals surface area contributed by atoms with Crippen molar-refractivity contribution >= 4 is 29.2 Å². The highest BCUT2D eigenvalue weighted by molar-refractivity contribution is 6.34. The van der Waals surface area contributed by atoms with E-state index in [1.165, 1.54) is 14.2 Å². The molecule has 1 N–H and O–H groups in total. The zero-order valence-corrected chi connectivity index (χ0v) is 17.1. The van der Waals surface area contributed by atoms with Gasteiger partial charge in [0, 0.05) is 11.1 Å². The van der Waals surface area contributed by atoms with Crippen LogP contribution in [-0.2, 0) is 19.1 Å². The monoisotopic (exact) mass is 419 g/mol. The molecule has 7 nitrogen and oxygen atoms in total. The van der Waals surface area contributed by atoms with Crippen molar-refractivity contribution in [1.29, 1.82) is 0 Å². The number of hydrogen-bond acceptors (Lipinski definition) is 6. The first-order valence-corrected chi connectivity index (χ1v) is 9.49. The first-order chi connectivity index (χ1) is 14.0. The molecule has 1 amide bonds. The van der Waals surface area contributed by atoms with E-state index < -0.39 is 24.1 Å². The molecule has 1 heterocycles. The van der Waals surface area contributed by atoms with Crippen molar-refractivity contribution < 1.29 is 28.5 Å². The molecule has 1 aliphatic heterocycles. The zero-order valence-electron chi connectivity index (χ0n) is 16.4. The number of nitrogens with one attached hydrogen (secondary N) is 1. The maximum atomic E-state index is 12.8. The Kier molecular flexibility index (Phi) is 6.61. The summed E-state index contributed by atoms with van der Waals surface area (Å²) in [7, 11) is 3.06. The van der Waals surface area contributed by atoms with Crippen LogP contribution in [0, 0.1) is 0 Å². The standard InChI is InChI=1S/C21H22ClNO6/c1-4-28-17(24)11-16-21(25)23-18-12(7-5-9-14(18)22)19(29-16)13-8-6-10-15(26-2)20(13)27-3/h5-10,16,19H,4,11H2,1-3H3,(H,23,25)/t16-,19+/m0/s1. The molecule has 2 aromatic rings. The SMILES string of the molecule is CCOC(=O)C[C@@H]1O[C@@H](c2cccc(OC)c2OC)c2cccc(Cl)c2NC1=O. The minimum atomic E-state index is -1.07. The van der Waals surface area contributed by atoms with Crippen molar-refractivity contribution in [2.75, 3.05) is 26.1 Å². The number of amides is 1. The van der Waals surface area contributed by atoms with Gasteiger partial charge in [-0.15, -0.1) is 0 Å². The van der Waals surface area contributed by atoms with Gasteiger partial charge in [0.25, 0.3) is 5.91 Å². The topological polar surface area (TPSA) is 83.1 Å². The van der Waals surface area contributed by atoms with Gasteiger partial charge in [0.2, 0.25) is 0 Å². The molecule has 0 spiro atoms. The van der Waals surface area contributed by atoms with Gasteiger partial charge in [0.05, 0.1) is 38.0 Å². The van der Waals surface area contributed by atoms with E-state index in [2.05, 4.69) is 5.32 Å². The highest BCUT2D eigenvalue weighted by Crippen LogP contribution is 2.44. The van der Waals surface area contributed by atoms with Crippen LogP contribution < -0.4 is 14.8 Å². The molecule has 2 aromatic carbocycles. The summed E-state index contributed by atoms with van der Waals surface area (Å²) in [6, 6.07) is 10.6. The number of anilines is 1. The average molecular weight is 420 g/mol. The molecule has 3 rings (SSSR count). The number of fused-ring (bicyclic) bond motifs is 1. The van der Waals surface area contributed by atoms with Crippen LogP contribution in [0.2, 0.25) is 5.02 Å².